The van der Waals surface area contributed by atoms with Crippen LogP contribution < -0.4 is 0 Å². The third-order valence-electron chi connectivity index (χ3n) is 1.93. The lowest BCUT2D eigenvalue weighted by molar-refractivity contribution is -0.104. The maximum atomic E-state index is 11.5. The molecule has 0 atom stereocenters. The van der Waals surface area contributed by atoms with Crippen LogP contribution in [0.3, 0.4) is 0 Å². The number of carbonyl (C=O) groups excluding carboxylic acids is 1. The van der Waals surface area contributed by atoms with Gasteiger partial charge in [-0.1, -0.05) is 18.2 Å². The average molecular weight is 194 g/mol. The minimum Gasteiger partial charge on any atom is -0.297 e. The monoisotopic (exact) mass is 194 g/mol. The molecule has 0 bridgehead atoms. The van der Waals surface area contributed by atoms with E-state index in [0.29, 0.717) is 11.8 Å². The minimum absolute atomic E-state index is 0.159. The summed E-state index contributed by atoms with van der Waals surface area (Å²) in [6.45, 7) is 0. The molecule has 1 heterocycles. The quantitative estimate of drug-likeness (QED) is 0.627. The Kier molecular flexibility index (Phi) is 1.60. The number of benzene rings is 1. The highest BCUT2D eigenvalue weighted by atomic mass is 32.2. The van der Waals surface area contributed by atoms with Gasteiger partial charge in [-0.3, -0.25) is 4.79 Å². The van der Waals surface area contributed by atoms with Crippen LogP contribution in [-0.2, 0) is 14.6 Å². The molecular formula is C9H6O3S. The lowest BCUT2D eigenvalue weighted by Gasteiger charge is -1.96. The van der Waals surface area contributed by atoms with Crippen molar-refractivity contribution in [2.75, 3.05) is 0 Å². The van der Waals surface area contributed by atoms with Crippen LogP contribution in [0.5, 0.6) is 0 Å². The van der Waals surface area contributed by atoms with Gasteiger partial charge in [0.1, 0.15) is 4.91 Å². The molecule has 3 nitrogen and oxygen atoms in total. The van der Waals surface area contributed by atoms with Crippen LogP contribution in [0.1, 0.15) is 5.56 Å². The van der Waals surface area contributed by atoms with Crippen molar-refractivity contribution in [3.05, 3.63) is 34.7 Å². The summed E-state index contributed by atoms with van der Waals surface area (Å²) < 4.78 is 23.0. The molecule has 1 aliphatic heterocycles. The number of hydrogen-bond donors (Lipinski definition) is 0. The van der Waals surface area contributed by atoms with Crippen molar-refractivity contribution in [2.24, 2.45) is 0 Å². The second kappa shape index (κ2) is 2.53. The zero-order valence-corrected chi connectivity index (χ0v) is 7.41. The Morgan fingerprint density at radius 1 is 1.15 bits per heavy atom. The highest BCUT2D eigenvalue weighted by Crippen LogP contribution is 2.30. The average Bonchev–Trinajstić information content (AvgIpc) is 2.39. The van der Waals surface area contributed by atoms with Crippen molar-refractivity contribution < 1.29 is 13.2 Å². The van der Waals surface area contributed by atoms with E-state index in [9.17, 15) is 13.2 Å². The molecule has 0 amide bonds. The highest BCUT2D eigenvalue weighted by Gasteiger charge is 2.28. The molecule has 0 aliphatic carbocycles. The summed E-state index contributed by atoms with van der Waals surface area (Å²) in [5.74, 6) is 0. The lowest BCUT2D eigenvalue weighted by Crippen LogP contribution is -2.00. The SMILES string of the molecule is O=CC1=Cc2ccccc2S1(=O)=O. The van der Waals surface area contributed by atoms with Gasteiger partial charge in [0.05, 0.1) is 4.90 Å². The van der Waals surface area contributed by atoms with Gasteiger partial charge in [-0.25, -0.2) is 8.42 Å². The minimum atomic E-state index is -3.50. The predicted octanol–water partition coefficient (Wildman–Crippen LogP) is 1.01. The van der Waals surface area contributed by atoms with Crippen LogP contribution in [0.2, 0.25) is 0 Å². The van der Waals surface area contributed by atoms with E-state index >= 15 is 0 Å². The Bertz CT molecular complexity index is 497. The maximum absolute atomic E-state index is 11.5. The van der Waals surface area contributed by atoms with Crippen LogP contribution in [0.4, 0.5) is 0 Å². The van der Waals surface area contributed by atoms with E-state index in [-0.39, 0.29) is 9.80 Å². The van der Waals surface area contributed by atoms with Gasteiger partial charge in [0.15, 0.2) is 6.29 Å². The van der Waals surface area contributed by atoms with Crippen LogP contribution in [0.15, 0.2) is 34.1 Å². The largest absolute Gasteiger partial charge is 0.297 e. The van der Waals surface area contributed by atoms with Gasteiger partial charge in [0, 0.05) is 0 Å². The topological polar surface area (TPSA) is 51.2 Å². The molecule has 1 aromatic rings. The number of carbonyl (C=O) groups is 1. The van der Waals surface area contributed by atoms with Crippen LogP contribution in [0.25, 0.3) is 6.08 Å². The zero-order chi connectivity index (χ0) is 9.47. The Morgan fingerprint density at radius 2 is 1.85 bits per heavy atom. The van der Waals surface area contributed by atoms with E-state index in [0.717, 1.165) is 0 Å². The molecule has 2 rings (SSSR count). The van der Waals surface area contributed by atoms with Gasteiger partial charge in [-0.05, 0) is 17.7 Å². The molecule has 4 heteroatoms. The zero-order valence-electron chi connectivity index (χ0n) is 6.60. The molecule has 0 saturated heterocycles. The third-order valence-corrected chi connectivity index (χ3v) is 3.72. The number of hydrogen-bond acceptors (Lipinski definition) is 3. The van der Waals surface area contributed by atoms with Gasteiger partial charge < -0.3 is 0 Å². The first-order chi connectivity index (χ1) is 6.16. The molecule has 0 radical (unpaired) electrons. The normalized spacial score (nSPS) is 17.7. The standard InChI is InChI=1S/C9H6O3S/c10-6-8-5-7-3-1-2-4-9(7)13(8,11)12/h1-6H. The number of rotatable bonds is 1. The molecule has 0 N–H and O–H groups in total. The summed E-state index contributed by atoms with van der Waals surface area (Å²) in [5, 5.41) is 0. The van der Waals surface area contributed by atoms with E-state index in [2.05, 4.69) is 0 Å². The lowest BCUT2D eigenvalue weighted by atomic mass is 10.2. The first-order valence-electron chi connectivity index (χ1n) is 3.67. The van der Waals surface area contributed by atoms with Gasteiger partial charge in [0.25, 0.3) is 0 Å². The fraction of sp³-hybridized carbons (Fsp3) is 0. The number of fused-ring (bicyclic) bond motifs is 1. The first kappa shape index (κ1) is 8.19. The van der Waals surface area contributed by atoms with Crippen molar-refractivity contribution in [3.8, 4) is 0 Å². The van der Waals surface area contributed by atoms with Crippen LogP contribution in [0, 0.1) is 0 Å². The summed E-state index contributed by atoms with van der Waals surface area (Å²) >= 11 is 0. The van der Waals surface area contributed by atoms with Crippen molar-refractivity contribution in [1.29, 1.82) is 0 Å². The van der Waals surface area contributed by atoms with E-state index in [1.807, 2.05) is 0 Å². The fourth-order valence-electron chi connectivity index (χ4n) is 1.30. The van der Waals surface area contributed by atoms with E-state index in [4.69, 9.17) is 0 Å². The number of sulfone groups is 1. The Hall–Kier alpha value is -1.42. The summed E-state index contributed by atoms with van der Waals surface area (Å²) in [4.78, 5) is 10.5. The molecule has 0 fully saturated rings. The molecule has 66 valence electrons. The summed E-state index contributed by atoms with van der Waals surface area (Å²) in [7, 11) is -3.50. The molecule has 0 aromatic heterocycles. The van der Waals surface area contributed by atoms with Crippen LogP contribution >= 0.6 is 0 Å². The number of allylic oxidation sites excluding steroid dienone is 1. The Balaban J connectivity index is 2.79. The summed E-state index contributed by atoms with van der Waals surface area (Å²) in [5.41, 5.74) is 0.588. The van der Waals surface area contributed by atoms with E-state index in [1.54, 1.807) is 18.2 Å². The van der Waals surface area contributed by atoms with Gasteiger partial charge in [0.2, 0.25) is 9.84 Å². The second-order valence-electron chi connectivity index (χ2n) is 2.71. The molecule has 13 heavy (non-hydrogen) atoms. The van der Waals surface area contributed by atoms with E-state index in [1.165, 1.54) is 12.1 Å². The molecular weight excluding hydrogens is 188 g/mol. The third kappa shape index (κ3) is 1.02. The van der Waals surface area contributed by atoms with Gasteiger partial charge in [-0.15, -0.1) is 0 Å². The van der Waals surface area contributed by atoms with E-state index < -0.39 is 9.84 Å². The maximum Gasteiger partial charge on any atom is 0.210 e. The van der Waals surface area contributed by atoms with Gasteiger partial charge >= 0.3 is 0 Å². The molecule has 1 aliphatic rings. The molecule has 0 spiro atoms. The highest BCUT2D eigenvalue weighted by molar-refractivity contribution is 7.96. The predicted molar refractivity (Wildman–Crippen MR) is 47.7 cm³/mol. The van der Waals surface area contributed by atoms with Gasteiger partial charge in [-0.2, -0.15) is 0 Å². The summed E-state index contributed by atoms with van der Waals surface area (Å²) in [6.07, 6.45) is 1.76. The Labute approximate surface area is 75.6 Å². The van der Waals surface area contributed by atoms with Crippen molar-refractivity contribution >= 4 is 22.2 Å². The molecule has 0 saturated carbocycles. The van der Waals surface area contributed by atoms with Crippen molar-refractivity contribution in [3.63, 3.8) is 0 Å². The van der Waals surface area contributed by atoms with Crippen LogP contribution in [-0.4, -0.2) is 14.7 Å². The Morgan fingerprint density at radius 3 is 2.46 bits per heavy atom. The first-order valence-corrected chi connectivity index (χ1v) is 5.15. The second-order valence-corrected chi connectivity index (χ2v) is 4.62. The van der Waals surface area contributed by atoms with Crippen molar-refractivity contribution in [1.82, 2.24) is 0 Å². The molecule has 0 unspecified atom stereocenters. The van der Waals surface area contributed by atoms with Crippen molar-refractivity contribution in [2.45, 2.75) is 4.90 Å². The summed E-state index contributed by atoms with van der Waals surface area (Å²) in [6, 6.07) is 6.54. The molecule has 1 aromatic carbocycles. The fourth-order valence-corrected chi connectivity index (χ4v) is 2.66. The smallest absolute Gasteiger partial charge is 0.210 e. The number of aldehydes is 1.